The van der Waals surface area contributed by atoms with Gasteiger partial charge in [-0.15, -0.1) is 11.3 Å². The van der Waals surface area contributed by atoms with Crippen molar-refractivity contribution in [1.29, 1.82) is 0 Å². The fraction of sp³-hybridized carbons (Fsp3) is 0.286. The predicted molar refractivity (Wildman–Crippen MR) is 85.5 cm³/mol. The number of nitrogens with one attached hydrogen (secondary N) is 1. The first-order valence-electron chi connectivity index (χ1n) is 6.06. The van der Waals surface area contributed by atoms with Crippen LogP contribution in [0.5, 0.6) is 5.75 Å². The van der Waals surface area contributed by atoms with Crippen molar-refractivity contribution in [3.8, 4) is 5.75 Å². The normalized spacial score (nSPS) is 10.6. The molecule has 0 unspecified atom stereocenters. The molecule has 0 amide bonds. The molecule has 102 valence electrons. The summed E-state index contributed by atoms with van der Waals surface area (Å²) >= 11 is 11.2. The van der Waals surface area contributed by atoms with Crippen LogP contribution in [0.2, 0.25) is 5.02 Å². The van der Waals surface area contributed by atoms with Gasteiger partial charge in [0.25, 0.3) is 0 Å². The molecule has 1 heterocycles. The van der Waals surface area contributed by atoms with Crippen molar-refractivity contribution >= 4 is 38.9 Å². The third-order valence-corrected chi connectivity index (χ3v) is 4.30. The van der Waals surface area contributed by atoms with Crippen LogP contribution in [0.15, 0.2) is 40.2 Å². The molecular formula is C14H15BrClNOS. The Hall–Kier alpha value is -0.550. The standard InChI is InChI=1S/C14H15BrClNOS/c15-11-3-4-13(16)14(10-11)18-8-7-17-6-5-12-2-1-9-19-12/h1-4,9-10,17H,5-8H2. The molecule has 5 heteroatoms. The van der Waals surface area contributed by atoms with Crippen LogP contribution in [0.25, 0.3) is 0 Å². The lowest BCUT2D eigenvalue weighted by Crippen LogP contribution is -2.23. The van der Waals surface area contributed by atoms with E-state index in [9.17, 15) is 0 Å². The van der Waals surface area contributed by atoms with Gasteiger partial charge >= 0.3 is 0 Å². The summed E-state index contributed by atoms with van der Waals surface area (Å²) in [5.41, 5.74) is 0. The summed E-state index contributed by atoms with van der Waals surface area (Å²) in [7, 11) is 0. The van der Waals surface area contributed by atoms with Crippen LogP contribution in [-0.2, 0) is 6.42 Å². The Morgan fingerprint density at radius 1 is 1.26 bits per heavy atom. The van der Waals surface area contributed by atoms with Crippen molar-refractivity contribution in [3.05, 3.63) is 50.1 Å². The van der Waals surface area contributed by atoms with Crippen molar-refractivity contribution in [2.24, 2.45) is 0 Å². The van der Waals surface area contributed by atoms with E-state index < -0.39 is 0 Å². The van der Waals surface area contributed by atoms with Gasteiger partial charge in [-0.05, 0) is 36.1 Å². The largest absolute Gasteiger partial charge is 0.491 e. The van der Waals surface area contributed by atoms with Crippen LogP contribution in [0.3, 0.4) is 0 Å². The van der Waals surface area contributed by atoms with E-state index in [-0.39, 0.29) is 0 Å². The van der Waals surface area contributed by atoms with Crippen molar-refractivity contribution in [3.63, 3.8) is 0 Å². The molecule has 0 spiro atoms. The summed E-state index contributed by atoms with van der Waals surface area (Å²) in [4.78, 5) is 1.41. The molecule has 0 saturated heterocycles. The first-order chi connectivity index (χ1) is 9.25. The second-order valence-corrected chi connectivity index (χ2v) is 6.36. The molecule has 0 aliphatic carbocycles. The molecule has 0 atom stereocenters. The zero-order valence-electron chi connectivity index (χ0n) is 10.4. The number of hydrogen-bond donors (Lipinski definition) is 1. The van der Waals surface area contributed by atoms with Gasteiger partial charge < -0.3 is 10.1 Å². The maximum absolute atomic E-state index is 6.04. The minimum absolute atomic E-state index is 0.612. The third-order valence-electron chi connectivity index (χ3n) is 2.56. The molecule has 2 nitrogen and oxygen atoms in total. The van der Waals surface area contributed by atoms with E-state index in [4.69, 9.17) is 16.3 Å². The number of rotatable bonds is 7. The van der Waals surface area contributed by atoms with Crippen molar-refractivity contribution < 1.29 is 4.74 Å². The minimum Gasteiger partial charge on any atom is -0.491 e. The van der Waals surface area contributed by atoms with E-state index in [1.54, 1.807) is 11.3 Å². The number of benzene rings is 1. The lowest BCUT2D eigenvalue weighted by Gasteiger charge is -2.09. The highest BCUT2D eigenvalue weighted by Gasteiger charge is 2.01. The summed E-state index contributed by atoms with van der Waals surface area (Å²) in [5.74, 6) is 0.719. The molecular weight excluding hydrogens is 346 g/mol. The SMILES string of the molecule is Clc1ccc(Br)cc1OCCNCCc1cccs1. The summed E-state index contributed by atoms with van der Waals surface area (Å²) in [6.45, 7) is 2.39. The Morgan fingerprint density at radius 3 is 2.95 bits per heavy atom. The molecule has 2 rings (SSSR count). The smallest absolute Gasteiger partial charge is 0.139 e. The topological polar surface area (TPSA) is 21.3 Å². The Bertz CT molecular complexity index is 504. The Balaban J connectivity index is 1.62. The van der Waals surface area contributed by atoms with Gasteiger partial charge in [-0.2, -0.15) is 0 Å². The number of ether oxygens (including phenoxy) is 1. The van der Waals surface area contributed by atoms with E-state index in [1.807, 2.05) is 18.2 Å². The first kappa shape index (κ1) is 14.9. The molecule has 1 N–H and O–H groups in total. The van der Waals surface area contributed by atoms with Crippen LogP contribution in [0, 0.1) is 0 Å². The number of thiophene rings is 1. The molecule has 0 aliphatic rings. The van der Waals surface area contributed by atoms with Crippen LogP contribution >= 0.6 is 38.9 Å². The number of halogens is 2. The molecule has 2 aromatic rings. The Labute approximate surface area is 130 Å². The minimum atomic E-state index is 0.612. The zero-order chi connectivity index (χ0) is 13.5. The van der Waals surface area contributed by atoms with E-state index >= 15 is 0 Å². The van der Waals surface area contributed by atoms with E-state index in [1.165, 1.54) is 4.88 Å². The van der Waals surface area contributed by atoms with Crippen LogP contribution in [0.4, 0.5) is 0 Å². The van der Waals surface area contributed by atoms with Gasteiger partial charge in [0.2, 0.25) is 0 Å². The van der Waals surface area contributed by atoms with Gasteiger partial charge in [0, 0.05) is 22.4 Å². The maximum Gasteiger partial charge on any atom is 0.139 e. The molecule has 0 radical (unpaired) electrons. The quantitative estimate of drug-likeness (QED) is 0.740. The molecule has 0 bridgehead atoms. The molecule has 19 heavy (non-hydrogen) atoms. The van der Waals surface area contributed by atoms with E-state index in [0.717, 1.165) is 29.7 Å². The molecule has 1 aromatic heterocycles. The van der Waals surface area contributed by atoms with E-state index in [0.29, 0.717) is 11.6 Å². The molecule has 0 aliphatic heterocycles. The van der Waals surface area contributed by atoms with Crippen molar-refractivity contribution in [1.82, 2.24) is 5.32 Å². The zero-order valence-corrected chi connectivity index (χ0v) is 13.5. The van der Waals surface area contributed by atoms with Gasteiger partial charge in [0.05, 0.1) is 5.02 Å². The van der Waals surface area contributed by atoms with Crippen LogP contribution in [0.1, 0.15) is 4.88 Å². The highest BCUT2D eigenvalue weighted by atomic mass is 79.9. The number of hydrogen-bond acceptors (Lipinski definition) is 3. The van der Waals surface area contributed by atoms with Gasteiger partial charge in [0.1, 0.15) is 12.4 Å². The summed E-state index contributed by atoms with van der Waals surface area (Å²) in [5, 5.41) is 6.10. The predicted octanol–water partition coefficient (Wildman–Crippen LogP) is 4.38. The second kappa shape index (κ2) is 7.90. The fourth-order valence-electron chi connectivity index (χ4n) is 1.61. The molecule has 1 aromatic carbocycles. The van der Waals surface area contributed by atoms with Crippen molar-refractivity contribution in [2.75, 3.05) is 19.7 Å². The van der Waals surface area contributed by atoms with Gasteiger partial charge in [-0.25, -0.2) is 0 Å². The fourth-order valence-corrected chi connectivity index (χ4v) is 2.83. The lowest BCUT2D eigenvalue weighted by atomic mass is 10.3. The second-order valence-electron chi connectivity index (χ2n) is 4.00. The molecule has 0 saturated carbocycles. The van der Waals surface area contributed by atoms with Gasteiger partial charge in [0.15, 0.2) is 0 Å². The van der Waals surface area contributed by atoms with Crippen molar-refractivity contribution in [2.45, 2.75) is 6.42 Å². The molecule has 0 fully saturated rings. The average molecular weight is 361 g/mol. The van der Waals surface area contributed by atoms with E-state index in [2.05, 4.69) is 38.8 Å². The highest BCUT2D eigenvalue weighted by Crippen LogP contribution is 2.27. The highest BCUT2D eigenvalue weighted by molar-refractivity contribution is 9.10. The summed E-state index contributed by atoms with van der Waals surface area (Å²) in [6.07, 6.45) is 1.06. The first-order valence-corrected chi connectivity index (χ1v) is 8.12. The Kier molecular flexibility index (Phi) is 6.17. The van der Waals surface area contributed by atoms with Crippen LogP contribution in [-0.4, -0.2) is 19.7 Å². The monoisotopic (exact) mass is 359 g/mol. The van der Waals surface area contributed by atoms with Gasteiger partial charge in [-0.1, -0.05) is 33.6 Å². The third kappa shape index (κ3) is 5.15. The Morgan fingerprint density at radius 2 is 2.16 bits per heavy atom. The average Bonchev–Trinajstić information content (AvgIpc) is 2.90. The summed E-state index contributed by atoms with van der Waals surface area (Å²) < 4.78 is 6.60. The lowest BCUT2D eigenvalue weighted by molar-refractivity contribution is 0.314. The van der Waals surface area contributed by atoms with Crippen LogP contribution < -0.4 is 10.1 Å². The van der Waals surface area contributed by atoms with Gasteiger partial charge in [-0.3, -0.25) is 0 Å². The summed E-state index contributed by atoms with van der Waals surface area (Å²) in [6, 6.07) is 9.84. The maximum atomic E-state index is 6.04.